The first-order valence-electron chi connectivity index (χ1n) is 22.6. The van der Waals surface area contributed by atoms with E-state index in [0.717, 1.165) is 33.4 Å². The average molecular weight is 897 g/mol. The highest BCUT2D eigenvalue weighted by molar-refractivity contribution is 5.18. The van der Waals surface area contributed by atoms with Crippen molar-refractivity contribution in [3.05, 3.63) is 215 Å². The maximum absolute atomic E-state index is 11.0. The van der Waals surface area contributed by atoms with E-state index in [-0.39, 0.29) is 46.2 Å². The molecule has 0 amide bonds. The lowest BCUT2D eigenvalue weighted by Crippen LogP contribution is -2.64. The zero-order valence-electron chi connectivity index (χ0n) is 37.3. The maximum atomic E-state index is 11.0. The Morgan fingerprint density at radius 3 is 0.924 bits per heavy atom. The molecule has 0 unspecified atom stereocenters. The van der Waals surface area contributed by atoms with Gasteiger partial charge in [-0.05, 0) is 33.4 Å². The smallest absolute Gasteiger partial charge is 0.187 e. The first-order chi connectivity index (χ1) is 32.6. The van der Waals surface area contributed by atoms with Gasteiger partial charge in [-0.3, -0.25) is 0 Å². The number of ether oxygens (including phenoxy) is 10. The Morgan fingerprint density at radius 1 is 0.333 bits per heavy atom. The van der Waals surface area contributed by atoms with Crippen LogP contribution < -0.4 is 0 Å². The molecule has 2 aliphatic heterocycles. The molecule has 0 aliphatic carbocycles. The van der Waals surface area contributed by atoms with Gasteiger partial charge >= 0.3 is 0 Å². The van der Waals surface area contributed by atoms with Gasteiger partial charge in [0.2, 0.25) is 0 Å². The van der Waals surface area contributed by atoms with Crippen LogP contribution in [0.4, 0.5) is 0 Å². The van der Waals surface area contributed by atoms with Crippen LogP contribution in [0.5, 0.6) is 0 Å². The second-order valence-corrected chi connectivity index (χ2v) is 16.4. The van der Waals surface area contributed by atoms with Gasteiger partial charge in [0, 0.05) is 7.11 Å². The van der Waals surface area contributed by atoms with E-state index in [2.05, 4.69) is 0 Å². The van der Waals surface area contributed by atoms with Gasteiger partial charge in [0.05, 0.1) is 52.9 Å². The molecule has 0 bridgehead atoms. The molecule has 6 aromatic rings. The number of methoxy groups -OCH3 is 1. The van der Waals surface area contributed by atoms with Crippen LogP contribution in [-0.2, 0) is 87.0 Å². The predicted octanol–water partition coefficient (Wildman–Crippen LogP) is 8.60. The molecule has 2 saturated heterocycles. The standard InChI is InChI=1S/C55H60O11/c1-57-54-52(62-37-44-28-16-6-17-29-44)51(61-36-43-26-14-5-15-27-43)49(59-34-41-22-10-3-11-23-41)47(66-54)39-64-55-53(63-38-45-30-18-7-19-31-45)50(60-35-42-24-12-4-13-25-42)48(46(32-56)65-55)58-33-40-20-8-2-9-21-40/h2-31,46-56H,32-39H2,1H3/t46-,47-,48-,49-,50+,51+,52-,53-,54+,55+/m1/s1. The minimum absolute atomic E-state index is 0.0368. The summed E-state index contributed by atoms with van der Waals surface area (Å²) >= 11 is 0. The zero-order chi connectivity index (χ0) is 45.2. The first-order valence-corrected chi connectivity index (χ1v) is 22.6. The molecule has 8 rings (SSSR count). The molecule has 0 aromatic heterocycles. The van der Waals surface area contributed by atoms with Crippen molar-refractivity contribution in [2.24, 2.45) is 0 Å². The minimum Gasteiger partial charge on any atom is -0.394 e. The normalized spacial score (nSPS) is 25.4. The van der Waals surface area contributed by atoms with Crippen molar-refractivity contribution >= 4 is 0 Å². The predicted molar refractivity (Wildman–Crippen MR) is 247 cm³/mol. The van der Waals surface area contributed by atoms with Crippen LogP contribution >= 0.6 is 0 Å². The van der Waals surface area contributed by atoms with Gasteiger partial charge in [0.1, 0.15) is 48.8 Å². The molecule has 6 aromatic carbocycles. The third kappa shape index (κ3) is 13.3. The Bertz CT molecular complexity index is 2060. The monoisotopic (exact) mass is 896 g/mol. The van der Waals surface area contributed by atoms with Crippen LogP contribution in [0, 0.1) is 0 Å². The molecule has 0 spiro atoms. The summed E-state index contributed by atoms with van der Waals surface area (Å²) in [6.45, 7) is 1.21. The van der Waals surface area contributed by atoms with E-state index >= 15 is 0 Å². The maximum Gasteiger partial charge on any atom is 0.187 e. The molecule has 66 heavy (non-hydrogen) atoms. The van der Waals surface area contributed by atoms with E-state index in [1.165, 1.54) is 0 Å². The summed E-state index contributed by atoms with van der Waals surface area (Å²) in [4.78, 5) is 0. The fourth-order valence-electron chi connectivity index (χ4n) is 8.29. The van der Waals surface area contributed by atoms with Gasteiger partial charge in [-0.2, -0.15) is 0 Å². The van der Waals surface area contributed by atoms with Gasteiger partial charge in [-0.25, -0.2) is 0 Å². The zero-order valence-corrected chi connectivity index (χ0v) is 37.3. The van der Waals surface area contributed by atoms with Crippen molar-refractivity contribution in [3.8, 4) is 0 Å². The number of rotatable bonds is 23. The van der Waals surface area contributed by atoms with E-state index in [1.54, 1.807) is 7.11 Å². The van der Waals surface area contributed by atoms with Crippen molar-refractivity contribution in [1.82, 2.24) is 0 Å². The van der Waals surface area contributed by atoms with Crippen molar-refractivity contribution < 1.29 is 52.5 Å². The summed E-state index contributed by atoms with van der Waals surface area (Å²) in [5, 5.41) is 11.0. The van der Waals surface area contributed by atoms with Crippen LogP contribution in [0.25, 0.3) is 0 Å². The molecule has 0 saturated carbocycles. The molecule has 2 heterocycles. The van der Waals surface area contributed by atoms with Crippen LogP contribution in [0.1, 0.15) is 33.4 Å². The van der Waals surface area contributed by atoms with E-state index in [9.17, 15) is 5.11 Å². The summed E-state index contributed by atoms with van der Waals surface area (Å²) in [6, 6.07) is 59.6. The van der Waals surface area contributed by atoms with Gasteiger partial charge in [-0.1, -0.05) is 182 Å². The third-order valence-corrected chi connectivity index (χ3v) is 11.7. The summed E-state index contributed by atoms with van der Waals surface area (Å²) in [6.07, 6.45) is -7.87. The van der Waals surface area contributed by atoms with Crippen molar-refractivity contribution in [2.75, 3.05) is 20.3 Å². The summed E-state index contributed by atoms with van der Waals surface area (Å²) in [5.41, 5.74) is 5.85. The van der Waals surface area contributed by atoms with Crippen molar-refractivity contribution in [1.29, 1.82) is 0 Å². The molecule has 10 atom stereocenters. The SMILES string of the molecule is CO[C@H]1O[C@H](CO[C@H]2O[C@H](CO)[C@@H](OCc3ccccc3)[C@H](OCc3ccccc3)[C@H]2OCc2ccccc2)[C@@H](OCc2ccccc2)[C@H](OCc2ccccc2)[C@H]1OCc1ccccc1. The molecule has 1 N–H and O–H groups in total. The number of aliphatic hydroxyl groups excluding tert-OH is 1. The van der Waals surface area contributed by atoms with Crippen molar-refractivity contribution in [2.45, 2.75) is 101 Å². The van der Waals surface area contributed by atoms with E-state index in [1.807, 2.05) is 182 Å². The molecular weight excluding hydrogens is 837 g/mol. The minimum atomic E-state index is -1.04. The molecule has 2 aliphatic rings. The number of hydrogen-bond acceptors (Lipinski definition) is 11. The first kappa shape index (κ1) is 47.4. The second-order valence-electron chi connectivity index (χ2n) is 16.4. The Hall–Kier alpha value is -5.12. The molecular formula is C55H60O11. The largest absolute Gasteiger partial charge is 0.394 e. The highest BCUT2D eigenvalue weighted by Gasteiger charge is 2.52. The lowest BCUT2D eigenvalue weighted by atomic mass is 9.97. The van der Waals surface area contributed by atoms with Gasteiger partial charge in [-0.15, -0.1) is 0 Å². The van der Waals surface area contributed by atoms with Gasteiger partial charge in [0.25, 0.3) is 0 Å². The lowest BCUT2D eigenvalue weighted by Gasteiger charge is -2.47. The number of hydrogen-bond donors (Lipinski definition) is 1. The van der Waals surface area contributed by atoms with Crippen molar-refractivity contribution in [3.63, 3.8) is 0 Å². The fraction of sp³-hybridized carbons (Fsp3) is 0.345. The number of benzene rings is 6. The Labute approximate surface area is 388 Å². The fourth-order valence-corrected chi connectivity index (χ4v) is 8.29. The Morgan fingerprint density at radius 2 is 0.606 bits per heavy atom. The molecule has 11 nitrogen and oxygen atoms in total. The quantitative estimate of drug-likeness (QED) is 0.0668. The van der Waals surface area contributed by atoms with Crippen LogP contribution in [0.3, 0.4) is 0 Å². The summed E-state index contributed by atoms with van der Waals surface area (Å²) in [5.74, 6) is 0. The molecule has 11 heteroatoms. The summed E-state index contributed by atoms with van der Waals surface area (Å²) < 4.78 is 67.0. The summed E-state index contributed by atoms with van der Waals surface area (Å²) in [7, 11) is 1.59. The van der Waals surface area contributed by atoms with Gasteiger partial charge < -0.3 is 52.5 Å². The van der Waals surface area contributed by atoms with E-state index in [0.29, 0.717) is 6.61 Å². The van der Waals surface area contributed by atoms with Crippen LogP contribution in [0.15, 0.2) is 182 Å². The average Bonchev–Trinajstić information content (AvgIpc) is 3.38. The topological polar surface area (TPSA) is 113 Å². The molecule has 346 valence electrons. The van der Waals surface area contributed by atoms with Crippen LogP contribution in [-0.4, -0.2) is 86.8 Å². The third-order valence-electron chi connectivity index (χ3n) is 11.7. The highest BCUT2D eigenvalue weighted by atomic mass is 16.7. The Balaban J connectivity index is 1.10. The Kier molecular flexibility index (Phi) is 18.0. The molecule has 0 radical (unpaired) electrons. The van der Waals surface area contributed by atoms with Crippen LogP contribution in [0.2, 0.25) is 0 Å². The lowest BCUT2D eigenvalue weighted by molar-refractivity contribution is -0.350. The number of aliphatic hydroxyl groups is 1. The molecule has 2 fully saturated rings. The van der Waals surface area contributed by atoms with E-state index < -0.39 is 61.4 Å². The second kappa shape index (κ2) is 25.1. The van der Waals surface area contributed by atoms with E-state index in [4.69, 9.17) is 47.4 Å². The highest BCUT2D eigenvalue weighted by Crippen LogP contribution is 2.35. The van der Waals surface area contributed by atoms with Gasteiger partial charge in [0.15, 0.2) is 12.6 Å².